The molecular weight excluding hydrogens is 328 g/mol. The van der Waals surface area contributed by atoms with Gasteiger partial charge in [-0.05, 0) is 53.1 Å². The fourth-order valence-electron chi connectivity index (χ4n) is 1.10. The van der Waals surface area contributed by atoms with Gasteiger partial charge in [0.2, 0.25) is 0 Å². The van der Waals surface area contributed by atoms with E-state index in [0.717, 1.165) is 9.13 Å². The standard InChI is InChI=1S/C10H12INO2.ClH/c1-6-2-3-7(4-8(6)11)5-9(12)10(13)14;/h2-4,9H,5,12H2,1H3,(H,13,14);1H/t9-;/m1./s1. The minimum atomic E-state index is -0.958. The van der Waals surface area contributed by atoms with Gasteiger partial charge in [0.05, 0.1) is 0 Å². The fourth-order valence-corrected chi connectivity index (χ4v) is 1.68. The first-order valence-electron chi connectivity index (χ1n) is 4.24. The topological polar surface area (TPSA) is 63.3 Å². The predicted octanol–water partition coefficient (Wildman–Crippen LogP) is 1.98. The van der Waals surface area contributed by atoms with Gasteiger partial charge < -0.3 is 10.8 Å². The third kappa shape index (κ3) is 4.36. The van der Waals surface area contributed by atoms with Crippen LogP contribution in [0.1, 0.15) is 11.1 Å². The third-order valence-electron chi connectivity index (χ3n) is 2.01. The van der Waals surface area contributed by atoms with E-state index in [0.29, 0.717) is 6.42 Å². The summed E-state index contributed by atoms with van der Waals surface area (Å²) in [4.78, 5) is 10.5. The van der Waals surface area contributed by atoms with E-state index in [2.05, 4.69) is 22.6 Å². The van der Waals surface area contributed by atoms with E-state index in [1.807, 2.05) is 25.1 Å². The van der Waals surface area contributed by atoms with Crippen LogP contribution in [0.15, 0.2) is 18.2 Å². The van der Waals surface area contributed by atoms with Crippen LogP contribution >= 0.6 is 35.0 Å². The molecule has 0 saturated carbocycles. The van der Waals surface area contributed by atoms with Gasteiger partial charge in [-0.3, -0.25) is 4.79 Å². The Kier molecular flexibility index (Phi) is 6.16. The van der Waals surface area contributed by atoms with Gasteiger partial charge in [-0.15, -0.1) is 12.4 Å². The zero-order chi connectivity index (χ0) is 10.7. The molecule has 0 fully saturated rings. The van der Waals surface area contributed by atoms with Crippen LogP contribution in [-0.2, 0) is 11.2 Å². The monoisotopic (exact) mass is 341 g/mol. The molecule has 1 rings (SSSR count). The second-order valence-corrected chi connectivity index (χ2v) is 4.39. The zero-order valence-electron chi connectivity index (χ0n) is 8.24. The van der Waals surface area contributed by atoms with Crippen LogP contribution in [0, 0.1) is 10.5 Å². The van der Waals surface area contributed by atoms with Gasteiger partial charge in [-0.25, -0.2) is 0 Å². The maximum absolute atomic E-state index is 10.5. The molecule has 3 nitrogen and oxygen atoms in total. The number of carboxylic acid groups (broad SMARTS) is 1. The predicted molar refractivity (Wildman–Crippen MR) is 70.5 cm³/mol. The number of carboxylic acids is 1. The Morgan fingerprint density at radius 2 is 2.20 bits per heavy atom. The van der Waals surface area contributed by atoms with Crippen LogP contribution in [0.4, 0.5) is 0 Å². The van der Waals surface area contributed by atoms with Gasteiger partial charge in [-0.1, -0.05) is 12.1 Å². The van der Waals surface area contributed by atoms with E-state index in [1.54, 1.807) is 0 Å². The maximum atomic E-state index is 10.5. The lowest BCUT2D eigenvalue weighted by Gasteiger charge is -2.07. The second kappa shape index (κ2) is 6.30. The summed E-state index contributed by atoms with van der Waals surface area (Å²) in [5.41, 5.74) is 7.59. The lowest BCUT2D eigenvalue weighted by molar-refractivity contribution is -0.138. The van der Waals surface area contributed by atoms with Gasteiger partial charge in [0, 0.05) is 3.57 Å². The molecule has 5 heteroatoms. The SMILES string of the molecule is Cc1ccc(C[C@@H](N)C(=O)O)cc1I.Cl. The summed E-state index contributed by atoms with van der Waals surface area (Å²) in [6.45, 7) is 2.02. The molecule has 0 bridgehead atoms. The van der Waals surface area contributed by atoms with Crippen LogP contribution in [0.3, 0.4) is 0 Å². The summed E-state index contributed by atoms with van der Waals surface area (Å²) in [6.07, 6.45) is 0.381. The van der Waals surface area contributed by atoms with Crippen molar-refractivity contribution in [2.24, 2.45) is 5.73 Å². The van der Waals surface area contributed by atoms with E-state index in [-0.39, 0.29) is 12.4 Å². The van der Waals surface area contributed by atoms with Crippen molar-refractivity contribution >= 4 is 41.0 Å². The van der Waals surface area contributed by atoms with Crippen molar-refractivity contribution in [3.8, 4) is 0 Å². The van der Waals surface area contributed by atoms with Gasteiger partial charge in [0.15, 0.2) is 0 Å². The molecule has 84 valence electrons. The average molecular weight is 342 g/mol. The Balaban J connectivity index is 0.00000196. The number of hydrogen-bond donors (Lipinski definition) is 2. The van der Waals surface area contributed by atoms with E-state index in [1.165, 1.54) is 5.56 Å². The molecule has 0 saturated heterocycles. The second-order valence-electron chi connectivity index (χ2n) is 3.23. The molecule has 0 amide bonds. The number of benzene rings is 1. The zero-order valence-corrected chi connectivity index (χ0v) is 11.2. The van der Waals surface area contributed by atoms with Crippen LogP contribution < -0.4 is 5.73 Å². The molecule has 0 heterocycles. The minimum absolute atomic E-state index is 0. The summed E-state index contributed by atoms with van der Waals surface area (Å²) in [6, 6.07) is 5.05. The Hall–Kier alpha value is -0.330. The lowest BCUT2D eigenvalue weighted by Crippen LogP contribution is -2.32. The molecule has 1 aromatic carbocycles. The molecule has 0 aromatic heterocycles. The first-order chi connectivity index (χ1) is 6.50. The van der Waals surface area contributed by atoms with Crippen molar-refractivity contribution in [3.05, 3.63) is 32.9 Å². The number of aryl methyl sites for hydroxylation is 1. The van der Waals surface area contributed by atoms with Crippen LogP contribution in [0.5, 0.6) is 0 Å². The molecule has 1 atom stereocenters. The smallest absolute Gasteiger partial charge is 0.320 e. The highest BCUT2D eigenvalue weighted by Crippen LogP contribution is 2.14. The minimum Gasteiger partial charge on any atom is -0.480 e. The van der Waals surface area contributed by atoms with E-state index in [4.69, 9.17) is 10.8 Å². The van der Waals surface area contributed by atoms with Crippen molar-refractivity contribution in [3.63, 3.8) is 0 Å². The molecule has 0 aliphatic carbocycles. The number of hydrogen-bond acceptors (Lipinski definition) is 2. The van der Waals surface area contributed by atoms with Crippen molar-refractivity contribution in [2.45, 2.75) is 19.4 Å². The Morgan fingerprint density at radius 3 is 2.67 bits per heavy atom. The maximum Gasteiger partial charge on any atom is 0.320 e. The lowest BCUT2D eigenvalue weighted by atomic mass is 10.1. The first-order valence-corrected chi connectivity index (χ1v) is 5.32. The summed E-state index contributed by atoms with van der Waals surface area (Å²) in [7, 11) is 0. The number of rotatable bonds is 3. The molecule has 1 aromatic rings. The van der Waals surface area contributed by atoms with Crippen LogP contribution in [0.2, 0.25) is 0 Å². The number of carbonyl (C=O) groups is 1. The largest absolute Gasteiger partial charge is 0.480 e. The number of nitrogens with two attached hydrogens (primary N) is 1. The van der Waals surface area contributed by atoms with Crippen molar-refractivity contribution in [2.75, 3.05) is 0 Å². The fraction of sp³-hybridized carbons (Fsp3) is 0.300. The Bertz CT molecular complexity index is 357. The molecule has 0 spiro atoms. The quantitative estimate of drug-likeness (QED) is 0.826. The Labute approximate surface area is 109 Å². The highest BCUT2D eigenvalue weighted by atomic mass is 127. The van der Waals surface area contributed by atoms with Crippen molar-refractivity contribution < 1.29 is 9.90 Å². The van der Waals surface area contributed by atoms with E-state index < -0.39 is 12.0 Å². The van der Waals surface area contributed by atoms with E-state index >= 15 is 0 Å². The van der Waals surface area contributed by atoms with Gasteiger partial charge >= 0.3 is 5.97 Å². The van der Waals surface area contributed by atoms with Gasteiger partial charge in [-0.2, -0.15) is 0 Å². The summed E-state index contributed by atoms with van der Waals surface area (Å²) in [5.74, 6) is -0.958. The van der Waals surface area contributed by atoms with E-state index in [9.17, 15) is 4.79 Å². The number of aliphatic carboxylic acids is 1. The Morgan fingerprint density at radius 1 is 1.60 bits per heavy atom. The molecular formula is C10H13ClINO2. The third-order valence-corrected chi connectivity index (χ3v) is 3.17. The highest BCUT2D eigenvalue weighted by molar-refractivity contribution is 14.1. The average Bonchev–Trinajstić information content (AvgIpc) is 2.11. The van der Waals surface area contributed by atoms with Crippen LogP contribution in [0.25, 0.3) is 0 Å². The molecule has 3 N–H and O–H groups in total. The summed E-state index contributed by atoms with van der Waals surface area (Å²) >= 11 is 2.23. The molecule has 0 radical (unpaired) electrons. The molecule has 0 aliphatic rings. The van der Waals surface area contributed by atoms with Crippen molar-refractivity contribution in [1.29, 1.82) is 0 Å². The normalized spacial score (nSPS) is 11.7. The molecule has 0 aliphatic heterocycles. The summed E-state index contributed by atoms with van der Waals surface area (Å²) < 4.78 is 1.14. The van der Waals surface area contributed by atoms with Gasteiger partial charge in [0.1, 0.15) is 6.04 Å². The number of halogens is 2. The van der Waals surface area contributed by atoms with Crippen LogP contribution in [-0.4, -0.2) is 17.1 Å². The molecule has 0 unspecified atom stereocenters. The first kappa shape index (κ1) is 14.7. The summed E-state index contributed by atoms with van der Waals surface area (Å²) in [5, 5.41) is 8.64. The van der Waals surface area contributed by atoms with Crippen molar-refractivity contribution in [1.82, 2.24) is 0 Å². The molecule has 15 heavy (non-hydrogen) atoms. The highest BCUT2D eigenvalue weighted by Gasteiger charge is 2.12. The van der Waals surface area contributed by atoms with Gasteiger partial charge in [0.25, 0.3) is 0 Å².